The molecule has 0 aromatic heterocycles. The van der Waals surface area contributed by atoms with Crippen LogP contribution in [0, 0.1) is 0 Å². The second-order valence-corrected chi connectivity index (χ2v) is 9.02. The average Bonchev–Trinajstić information content (AvgIpc) is 2.53. The van der Waals surface area contributed by atoms with Crippen LogP contribution in [0.25, 0.3) is 0 Å². The van der Waals surface area contributed by atoms with Crippen LogP contribution in [0.5, 0.6) is 5.75 Å². The molecule has 23 heavy (non-hydrogen) atoms. The standard InChI is InChI=1S/C19H29NO2S/c1-15(22-17-11-6-5-7-12-17)18(21)20-13-9-8-10-16(20)14-23-19(2,3)4/h5-7,11-12,15-16H,8-10,13-14H2,1-4H3. The van der Waals surface area contributed by atoms with E-state index in [4.69, 9.17) is 4.74 Å². The fourth-order valence-electron chi connectivity index (χ4n) is 2.80. The van der Waals surface area contributed by atoms with Crippen LogP contribution in [0.15, 0.2) is 30.3 Å². The number of carbonyl (C=O) groups is 1. The lowest BCUT2D eigenvalue weighted by Gasteiger charge is -2.38. The number of thioether (sulfide) groups is 1. The van der Waals surface area contributed by atoms with E-state index in [-0.39, 0.29) is 10.7 Å². The van der Waals surface area contributed by atoms with Crippen molar-refractivity contribution in [1.82, 2.24) is 4.90 Å². The summed E-state index contributed by atoms with van der Waals surface area (Å²) < 4.78 is 6.06. The molecule has 1 aliphatic heterocycles. The van der Waals surface area contributed by atoms with Crippen LogP contribution >= 0.6 is 11.8 Å². The summed E-state index contributed by atoms with van der Waals surface area (Å²) in [6, 6.07) is 9.93. The zero-order valence-electron chi connectivity index (χ0n) is 14.7. The number of hydrogen-bond donors (Lipinski definition) is 0. The molecular formula is C19H29NO2S. The third-order valence-electron chi connectivity index (χ3n) is 4.02. The number of para-hydroxylation sites is 1. The zero-order chi connectivity index (χ0) is 16.9. The van der Waals surface area contributed by atoms with Gasteiger partial charge < -0.3 is 9.64 Å². The number of nitrogens with zero attached hydrogens (tertiary/aromatic N) is 1. The highest BCUT2D eigenvalue weighted by Gasteiger charge is 2.31. The first-order chi connectivity index (χ1) is 10.9. The van der Waals surface area contributed by atoms with Gasteiger partial charge in [0.25, 0.3) is 5.91 Å². The molecule has 1 amide bonds. The lowest BCUT2D eigenvalue weighted by molar-refractivity contribution is -0.141. The molecule has 1 aromatic rings. The van der Waals surface area contributed by atoms with Gasteiger partial charge in [0.15, 0.2) is 6.10 Å². The summed E-state index contributed by atoms with van der Waals surface area (Å²) in [4.78, 5) is 14.9. The van der Waals surface area contributed by atoms with E-state index in [9.17, 15) is 4.79 Å². The number of benzene rings is 1. The van der Waals surface area contributed by atoms with E-state index in [2.05, 4.69) is 25.7 Å². The van der Waals surface area contributed by atoms with Gasteiger partial charge in [0.2, 0.25) is 0 Å². The maximum atomic E-state index is 12.8. The highest BCUT2D eigenvalue weighted by Crippen LogP contribution is 2.29. The smallest absolute Gasteiger partial charge is 0.263 e. The second kappa shape index (κ2) is 8.09. The summed E-state index contributed by atoms with van der Waals surface area (Å²) in [5, 5.41) is 0. The predicted octanol–water partition coefficient (Wildman–Crippen LogP) is 4.37. The molecule has 1 aliphatic rings. The third-order valence-corrected chi connectivity index (χ3v) is 5.44. The topological polar surface area (TPSA) is 29.5 Å². The Morgan fingerprint density at radius 2 is 2.00 bits per heavy atom. The van der Waals surface area contributed by atoms with Gasteiger partial charge in [-0.05, 0) is 38.3 Å². The normalized spacial score (nSPS) is 20.2. The van der Waals surface area contributed by atoms with Gasteiger partial charge in [-0.2, -0.15) is 11.8 Å². The first-order valence-electron chi connectivity index (χ1n) is 8.53. The molecule has 1 fully saturated rings. The van der Waals surface area contributed by atoms with Gasteiger partial charge in [-0.1, -0.05) is 39.0 Å². The molecule has 1 saturated heterocycles. The lowest BCUT2D eigenvalue weighted by atomic mass is 10.0. The van der Waals surface area contributed by atoms with E-state index in [1.807, 2.05) is 49.0 Å². The molecule has 0 spiro atoms. The zero-order valence-corrected chi connectivity index (χ0v) is 15.6. The van der Waals surface area contributed by atoms with Crippen LogP contribution in [-0.2, 0) is 4.79 Å². The van der Waals surface area contributed by atoms with Gasteiger partial charge in [0, 0.05) is 23.1 Å². The number of ether oxygens (including phenoxy) is 1. The van der Waals surface area contributed by atoms with Crippen LogP contribution in [0.1, 0.15) is 47.0 Å². The Balaban J connectivity index is 1.96. The van der Waals surface area contributed by atoms with Crippen LogP contribution < -0.4 is 4.74 Å². The summed E-state index contributed by atoms with van der Waals surface area (Å²) in [5.41, 5.74) is 0. The summed E-state index contributed by atoms with van der Waals surface area (Å²) in [5.74, 6) is 1.88. The SMILES string of the molecule is CC(Oc1ccccc1)C(=O)N1CCCCC1CSC(C)(C)C. The van der Waals surface area contributed by atoms with Crippen molar-refractivity contribution in [2.24, 2.45) is 0 Å². The van der Waals surface area contributed by atoms with Crippen LogP contribution in [0.3, 0.4) is 0 Å². The lowest BCUT2D eigenvalue weighted by Crippen LogP contribution is -2.50. The molecule has 0 aliphatic carbocycles. The Bertz CT molecular complexity index is 498. The minimum Gasteiger partial charge on any atom is -0.481 e. The van der Waals surface area contributed by atoms with Gasteiger partial charge in [-0.15, -0.1) is 0 Å². The van der Waals surface area contributed by atoms with E-state index < -0.39 is 6.10 Å². The Morgan fingerprint density at radius 1 is 1.30 bits per heavy atom. The van der Waals surface area contributed by atoms with Crippen molar-refractivity contribution in [3.8, 4) is 5.75 Å². The fourth-order valence-corrected chi connectivity index (χ4v) is 3.84. The average molecular weight is 336 g/mol. The molecule has 2 atom stereocenters. The third kappa shape index (κ3) is 5.76. The molecule has 128 valence electrons. The van der Waals surface area contributed by atoms with Gasteiger partial charge >= 0.3 is 0 Å². The fraction of sp³-hybridized carbons (Fsp3) is 0.632. The molecule has 1 aromatic carbocycles. The van der Waals surface area contributed by atoms with Crippen molar-refractivity contribution in [1.29, 1.82) is 0 Å². The molecule has 0 radical (unpaired) electrons. The van der Waals surface area contributed by atoms with E-state index in [0.29, 0.717) is 6.04 Å². The Hall–Kier alpha value is -1.16. The maximum absolute atomic E-state index is 12.8. The van der Waals surface area contributed by atoms with Gasteiger partial charge in [0.1, 0.15) is 5.75 Å². The molecule has 1 heterocycles. The Morgan fingerprint density at radius 3 is 2.65 bits per heavy atom. The van der Waals surface area contributed by atoms with Gasteiger partial charge in [-0.25, -0.2) is 0 Å². The van der Waals surface area contributed by atoms with Crippen molar-refractivity contribution in [3.63, 3.8) is 0 Å². The van der Waals surface area contributed by atoms with E-state index >= 15 is 0 Å². The minimum atomic E-state index is -0.433. The molecule has 2 unspecified atom stereocenters. The van der Waals surface area contributed by atoms with Gasteiger partial charge in [-0.3, -0.25) is 4.79 Å². The monoisotopic (exact) mass is 335 g/mol. The highest BCUT2D eigenvalue weighted by molar-refractivity contribution is 8.00. The quantitative estimate of drug-likeness (QED) is 0.800. The van der Waals surface area contributed by atoms with Crippen LogP contribution in [0.2, 0.25) is 0 Å². The summed E-state index contributed by atoms with van der Waals surface area (Å²) in [6.45, 7) is 9.41. The number of rotatable bonds is 5. The first kappa shape index (κ1) is 18.2. The molecule has 0 saturated carbocycles. The van der Waals surface area contributed by atoms with Crippen LogP contribution in [-0.4, -0.2) is 40.0 Å². The number of carbonyl (C=O) groups excluding carboxylic acids is 1. The largest absolute Gasteiger partial charge is 0.481 e. The van der Waals surface area contributed by atoms with Crippen molar-refractivity contribution < 1.29 is 9.53 Å². The van der Waals surface area contributed by atoms with Crippen molar-refractivity contribution in [3.05, 3.63) is 30.3 Å². The van der Waals surface area contributed by atoms with E-state index in [1.54, 1.807) is 0 Å². The minimum absolute atomic E-state index is 0.119. The number of amides is 1. The summed E-state index contributed by atoms with van der Waals surface area (Å²) >= 11 is 1.94. The molecule has 0 N–H and O–H groups in total. The summed E-state index contributed by atoms with van der Waals surface area (Å²) in [7, 11) is 0. The van der Waals surface area contributed by atoms with Crippen molar-refractivity contribution in [2.45, 2.75) is 63.9 Å². The van der Waals surface area contributed by atoms with Crippen molar-refractivity contribution >= 4 is 17.7 Å². The number of hydrogen-bond acceptors (Lipinski definition) is 3. The molecule has 4 heteroatoms. The van der Waals surface area contributed by atoms with Crippen molar-refractivity contribution in [2.75, 3.05) is 12.3 Å². The first-order valence-corrected chi connectivity index (χ1v) is 9.51. The predicted molar refractivity (Wildman–Crippen MR) is 98.1 cm³/mol. The second-order valence-electron chi connectivity index (χ2n) is 7.18. The van der Waals surface area contributed by atoms with E-state index in [1.165, 1.54) is 6.42 Å². The molecule has 3 nitrogen and oxygen atoms in total. The van der Waals surface area contributed by atoms with E-state index in [0.717, 1.165) is 30.9 Å². The Labute approximate surface area is 144 Å². The molecule has 2 rings (SSSR count). The number of piperidine rings is 1. The van der Waals surface area contributed by atoms with Crippen LogP contribution in [0.4, 0.5) is 0 Å². The summed E-state index contributed by atoms with van der Waals surface area (Å²) in [6.07, 6.45) is 2.98. The van der Waals surface area contributed by atoms with Gasteiger partial charge in [0.05, 0.1) is 0 Å². The maximum Gasteiger partial charge on any atom is 0.263 e. The molecule has 0 bridgehead atoms. The highest BCUT2D eigenvalue weighted by atomic mass is 32.2. The number of likely N-dealkylation sites (tertiary alicyclic amines) is 1. The Kier molecular flexibility index (Phi) is 6.40. The molecular weight excluding hydrogens is 306 g/mol.